The number of non-ortho nitro benzene ring substituents is 1. The van der Waals surface area contributed by atoms with Gasteiger partial charge in [-0.3, -0.25) is 10.1 Å². The predicted octanol–water partition coefficient (Wildman–Crippen LogP) is 2.45. The van der Waals surface area contributed by atoms with E-state index in [0.29, 0.717) is 24.2 Å². The third-order valence-electron chi connectivity index (χ3n) is 4.57. The molecule has 2 fully saturated rings. The number of halogens is 1. The maximum atomic E-state index is 13.4. The summed E-state index contributed by atoms with van der Waals surface area (Å²) >= 11 is 0. The van der Waals surface area contributed by atoms with Crippen LogP contribution >= 0.6 is 0 Å². The molecule has 21 heavy (non-hydrogen) atoms. The van der Waals surface area contributed by atoms with Gasteiger partial charge in [0.15, 0.2) is 0 Å². The van der Waals surface area contributed by atoms with Gasteiger partial charge < -0.3 is 10.2 Å². The Balaban J connectivity index is 1.59. The largest absolute Gasteiger partial charge is 0.310 e. The van der Waals surface area contributed by atoms with Crippen LogP contribution in [0.1, 0.15) is 31.2 Å². The number of hydrogen-bond donors (Lipinski definition) is 1. The SMILES string of the molecule is O=[N+]([O-])c1cc(F)cc(CNC2CCN3CCCC3C2)c1. The van der Waals surface area contributed by atoms with Gasteiger partial charge in [0, 0.05) is 24.7 Å². The summed E-state index contributed by atoms with van der Waals surface area (Å²) < 4.78 is 13.4. The molecule has 2 saturated heterocycles. The van der Waals surface area contributed by atoms with Gasteiger partial charge in [0.2, 0.25) is 0 Å². The van der Waals surface area contributed by atoms with Gasteiger partial charge in [0.1, 0.15) is 5.82 Å². The second-order valence-corrected chi connectivity index (χ2v) is 6.01. The fourth-order valence-electron chi connectivity index (χ4n) is 3.51. The molecule has 0 amide bonds. The van der Waals surface area contributed by atoms with E-state index < -0.39 is 10.7 Å². The average Bonchev–Trinajstić information content (AvgIpc) is 2.92. The first-order valence-corrected chi connectivity index (χ1v) is 7.53. The molecule has 3 rings (SSSR count). The van der Waals surface area contributed by atoms with Gasteiger partial charge >= 0.3 is 0 Å². The Bertz CT molecular complexity index is 538. The van der Waals surface area contributed by atoms with E-state index in [9.17, 15) is 14.5 Å². The van der Waals surface area contributed by atoms with Crippen molar-refractivity contribution in [2.24, 2.45) is 0 Å². The summed E-state index contributed by atoms with van der Waals surface area (Å²) in [4.78, 5) is 12.7. The highest BCUT2D eigenvalue weighted by atomic mass is 19.1. The summed E-state index contributed by atoms with van der Waals surface area (Å²) in [5.74, 6) is -0.549. The number of nitrogens with one attached hydrogen (secondary N) is 1. The first kappa shape index (κ1) is 14.4. The Labute approximate surface area is 123 Å². The molecule has 6 heteroatoms. The van der Waals surface area contributed by atoms with E-state index in [0.717, 1.165) is 25.5 Å². The first-order valence-electron chi connectivity index (χ1n) is 7.53. The van der Waals surface area contributed by atoms with Gasteiger partial charge in [-0.25, -0.2) is 4.39 Å². The Morgan fingerprint density at radius 1 is 1.33 bits per heavy atom. The standard InChI is InChI=1S/C15H20FN3O2/c16-12-6-11(7-15(8-12)19(20)21)10-17-13-3-5-18-4-1-2-14(18)9-13/h6-8,13-14,17H,1-5,9-10H2. The van der Waals surface area contributed by atoms with Gasteiger partial charge in [-0.15, -0.1) is 0 Å². The van der Waals surface area contributed by atoms with Crippen LogP contribution in [0.25, 0.3) is 0 Å². The summed E-state index contributed by atoms with van der Waals surface area (Å²) in [6, 6.07) is 4.87. The molecular weight excluding hydrogens is 273 g/mol. The third kappa shape index (κ3) is 3.39. The Kier molecular flexibility index (Phi) is 4.17. The molecule has 0 aromatic heterocycles. The lowest BCUT2D eigenvalue weighted by atomic mass is 9.97. The molecule has 114 valence electrons. The van der Waals surface area contributed by atoms with Crippen molar-refractivity contribution in [3.05, 3.63) is 39.7 Å². The molecular formula is C15H20FN3O2. The topological polar surface area (TPSA) is 58.4 Å². The highest BCUT2D eigenvalue weighted by molar-refractivity contribution is 5.35. The van der Waals surface area contributed by atoms with E-state index in [4.69, 9.17) is 0 Å². The number of piperidine rings is 1. The Hall–Kier alpha value is -1.53. The Morgan fingerprint density at radius 3 is 3.00 bits per heavy atom. The molecule has 2 atom stereocenters. The van der Waals surface area contributed by atoms with Crippen molar-refractivity contribution in [2.45, 2.75) is 44.3 Å². The van der Waals surface area contributed by atoms with Gasteiger partial charge in [-0.05, 0) is 50.4 Å². The summed E-state index contributed by atoms with van der Waals surface area (Å²) in [5, 5.41) is 14.2. The van der Waals surface area contributed by atoms with E-state index >= 15 is 0 Å². The van der Waals surface area contributed by atoms with Crippen molar-refractivity contribution in [1.29, 1.82) is 0 Å². The average molecular weight is 293 g/mol. The monoisotopic (exact) mass is 293 g/mol. The van der Waals surface area contributed by atoms with Crippen LogP contribution in [0, 0.1) is 15.9 Å². The number of rotatable bonds is 4. The predicted molar refractivity (Wildman–Crippen MR) is 77.5 cm³/mol. The molecule has 0 aliphatic carbocycles. The lowest BCUT2D eigenvalue weighted by molar-refractivity contribution is -0.385. The van der Waals surface area contributed by atoms with Crippen LogP contribution in [0.5, 0.6) is 0 Å². The lowest BCUT2D eigenvalue weighted by Gasteiger charge is -2.35. The summed E-state index contributed by atoms with van der Waals surface area (Å²) in [7, 11) is 0. The second kappa shape index (κ2) is 6.07. The highest BCUT2D eigenvalue weighted by Crippen LogP contribution is 2.27. The van der Waals surface area contributed by atoms with Crippen molar-refractivity contribution in [1.82, 2.24) is 10.2 Å². The quantitative estimate of drug-likeness (QED) is 0.684. The van der Waals surface area contributed by atoms with E-state index in [1.165, 1.54) is 31.5 Å². The maximum absolute atomic E-state index is 13.4. The van der Waals surface area contributed by atoms with Crippen LogP contribution in [-0.4, -0.2) is 35.0 Å². The summed E-state index contributed by atoms with van der Waals surface area (Å²) in [6.07, 6.45) is 4.77. The molecule has 0 radical (unpaired) electrons. The second-order valence-electron chi connectivity index (χ2n) is 6.01. The molecule has 2 aliphatic rings. The minimum absolute atomic E-state index is 0.183. The molecule has 2 unspecified atom stereocenters. The van der Waals surface area contributed by atoms with E-state index in [2.05, 4.69) is 10.2 Å². The molecule has 5 nitrogen and oxygen atoms in total. The van der Waals surface area contributed by atoms with Crippen molar-refractivity contribution in [2.75, 3.05) is 13.1 Å². The third-order valence-corrected chi connectivity index (χ3v) is 4.57. The van der Waals surface area contributed by atoms with E-state index in [1.807, 2.05) is 0 Å². The molecule has 0 spiro atoms. The number of fused-ring (bicyclic) bond motifs is 1. The van der Waals surface area contributed by atoms with E-state index in [1.54, 1.807) is 0 Å². The summed E-state index contributed by atoms with van der Waals surface area (Å²) in [5.41, 5.74) is 0.452. The molecule has 2 aliphatic heterocycles. The number of benzene rings is 1. The number of nitrogens with zero attached hydrogens (tertiary/aromatic N) is 2. The van der Waals surface area contributed by atoms with Crippen molar-refractivity contribution in [3.8, 4) is 0 Å². The van der Waals surface area contributed by atoms with Gasteiger partial charge in [-0.2, -0.15) is 0 Å². The fraction of sp³-hybridized carbons (Fsp3) is 0.600. The van der Waals surface area contributed by atoms with Crippen LogP contribution in [-0.2, 0) is 6.54 Å². The van der Waals surface area contributed by atoms with Crippen molar-refractivity contribution in [3.63, 3.8) is 0 Å². The zero-order valence-electron chi connectivity index (χ0n) is 11.9. The molecule has 1 aromatic carbocycles. The highest BCUT2D eigenvalue weighted by Gasteiger charge is 2.31. The molecule has 0 saturated carbocycles. The van der Waals surface area contributed by atoms with Crippen LogP contribution < -0.4 is 5.32 Å². The fourth-order valence-corrected chi connectivity index (χ4v) is 3.51. The Morgan fingerprint density at radius 2 is 2.19 bits per heavy atom. The summed E-state index contributed by atoms with van der Waals surface area (Å²) in [6.45, 7) is 2.81. The van der Waals surface area contributed by atoms with Crippen LogP contribution in [0.3, 0.4) is 0 Å². The lowest BCUT2D eigenvalue weighted by Crippen LogP contribution is -2.45. The minimum atomic E-state index is -0.552. The zero-order valence-corrected chi connectivity index (χ0v) is 11.9. The molecule has 1 N–H and O–H groups in total. The maximum Gasteiger partial charge on any atom is 0.272 e. The zero-order chi connectivity index (χ0) is 14.8. The normalized spacial score (nSPS) is 25.8. The van der Waals surface area contributed by atoms with E-state index in [-0.39, 0.29) is 5.69 Å². The number of hydrogen-bond acceptors (Lipinski definition) is 4. The molecule has 1 aromatic rings. The molecule has 0 bridgehead atoms. The van der Waals surface area contributed by atoms with Crippen LogP contribution in [0.15, 0.2) is 18.2 Å². The van der Waals surface area contributed by atoms with Gasteiger partial charge in [0.05, 0.1) is 11.0 Å². The van der Waals surface area contributed by atoms with Crippen molar-refractivity contribution < 1.29 is 9.31 Å². The minimum Gasteiger partial charge on any atom is -0.310 e. The van der Waals surface area contributed by atoms with Gasteiger partial charge in [-0.1, -0.05) is 0 Å². The smallest absolute Gasteiger partial charge is 0.272 e. The first-order chi connectivity index (χ1) is 10.1. The van der Waals surface area contributed by atoms with Crippen LogP contribution in [0.2, 0.25) is 0 Å². The number of nitro benzene ring substituents is 1. The van der Waals surface area contributed by atoms with Gasteiger partial charge in [0.25, 0.3) is 5.69 Å². The number of nitro groups is 1. The van der Waals surface area contributed by atoms with Crippen molar-refractivity contribution >= 4 is 5.69 Å². The van der Waals surface area contributed by atoms with Crippen LogP contribution in [0.4, 0.5) is 10.1 Å². The molecule has 2 heterocycles.